The molecule has 1 aromatic rings. The molecule has 1 fully saturated rings. The van der Waals surface area contributed by atoms with Crippen molar-refractivity contribution in [3.05, 3.63) is 24.1 Å². The van der Waals surface area contributed by atoms with Crippen LogP contribution in [0.2, 0.25) is 0 Å². The average Bonchev–Trinajstić information content (AvgIpc) is 2.38. The average molecular weight is 278 g/mol. The minimum Gasteiger partial charge on any atom is -0.310 e. The molecule has 0 saturated heterocycles. The van der Waals surface area contributed by atoms with E-state index in [2.05, 4.69) is 31.1 Å². The van der Waals surface area contributed by atoms with Crippen LogP contribution in [0.4, 0.5) is 10.2 Å². The molecular formula is C16H23FN2O. The maximum atomic E-state index is 13.0. The van der Waals surface area contributed by atoms with Gasteiger partial charge in [-0.2, -0.15) is 4.39 Å². The molecule has 1 saturated carbocycles. The molecule has 1 amide bonds. The normalized spacial score (nSPS) is 23.4. The summed E-state index contributed by atoms with van der Waals surface area (Å²) in [7, 11) is 0. The molecule has 1 heterocycles. The first-order chi connectivity index (χ1) is 9.36. The van der Waals surface area contributed by atoms with Crippen molar-refractivity contribution in [2.45, 2.75) is 46.5 Å². The molecule has 20 heavy (non-hydrogen) atoms. The van der Waals surface area contributed by atoms with Crippen LogP contribution in [-0.2, 0) is 4.79 Å². The molecule has 0 aliphatic heterocycles. The lowest BCUT2D eigenvalue weighted by Gasteiger charge is -2.36. The fourth-order valence-corrected chi connectivity index (χ4v) is 2.93. The van der Waals surface area contributed by atoms with Crippen LogP contribution in [0.25, 0.3) is 0 Å². The number of nitrogens with one attached hydrogen (secondary N) is 1. The van der Waals surface area contributed by atoms with E-state index < -0.39 is 5.95 Å². The zero-order chi connectivity index (χ0) is 14.8. The number of hydrogen-bond donors (Lipinski definition) is 1. The van der Waals surface area contributed by atoms with Gasteiger partial charge in [-0.25, -0.2) is 4.98 Å². The number of aromatic nitrogens is 1. The van der Waals surface area contributed by atoms with E-state index in [4.69, 9.17) is 0 Å². The minimum atomic E-state index is -0.570. The highest BCUT2D eigenvalue weighted by Gasteiger charge is 2.32. The third-order valence-electron chi connectivity index (χ3n) is 4.29. The Hall–Kier alpha value is -1.45. The molecular weight excluding hydrogens is 255 g/mol. The van der Waals surface area contributed by atoms with E-state index in [1.54, 1.807) is 12.1 Å². The zero-order valence-corrected chi connectivity index (χ0v) is 12.4. The van der Waals surface area contributed by atoms with Crippen LogP contribution < -0.4 is 5.32 Å². The lowest BCUT2D eigenvalue weighted by atomic mass is 9.70. The Morgan fingerprint density at radius 1 is 1.25 bits per heavy atom. The Morgan fingerprint density at radius 3 is 2.45 bits per heavy atom. The van der Waals surface area contributed by atoms with E-state index in [1.807, 2.05) is 0 Å². The topological polar surface area (TPSA) is 42.0 Å². The SMILES string of the molecule is CC(C)(C)C1CCC(C(=O)Nc2cccc(F)n2)CC1. The third kappa shape index (κ3) is 3.78. The summed E-state index contributed by atoms with van der Waals surface area (Å²) in [6.45, 7) is 6.78. The van der Waals surface area contributed by atoms with Gasteiger partial charge in [0.2, 0.25) is 11.9 Å². The number of carbonyl (C=O) groups excluding carboxylic acids is 1. The summed E-state index contributed by atoms with van der Waals surface area (Å²) in [6.07, 6.45) is 3.97. The first-order valence-electron chi connectivity index (χ1n) is 7.29. The molecule has 0 aromatic carbocycles. The fourth-order valence-electron chi connectivity index (χ4n) is 2.93. The number of pyridine rings is 1. The molecule has 3 nitrogen and oxygen atoms in total. The van der Waals surface area contributed by atoms with Crippen LogP contribution in [0.3, 0.4) is 0 Å². The summed E-state index contributed by atoms with van der Waals surface area (Å²) in [4.78, 5) is 15.8. The number of nitrogens with zero attached hydrogens (tertiary/aromatic N) is 1. The van der Waals surface area contributed by atoms with Crippen LogP contribution in [-0.4, -0.2) is 10.9 Å². The van der Waals surface area contributed by atoms with Gasteiger partial charge in [0.25, 0.3) is 0 Å². The van der Waals surface area contributed by atoms with Crippen LogP contribution in [0.1, 0.15) is 46.5 Å². The second-order valence-corrected chi connectivity index (χ2v) is 6.75. The van der Waals surface area contributed by atoms with E-state index >= 15 is 0 Å². The predicted molar refractivity (Wildman–Crippen MR) is 77.7 cm³/mol. The van der Waals surface area contributed by atoms with Crippen molar-refractivity contribution in [1.82, 2.24) is 4.98 Å². The van der Waals surface area contributed by atoms with Crippen LogP contribution in [0.15, 0.2) is 18.2 Å². The molecule has 1 aliphatic rings. The number of amides is 1. The molecule has 1 aromatic heterocycles. The summed E-state index contributed by atoms with van der Waals surface area (Å²) in [5, 5.41) is 2.72. The summed E-state index contributed by atoms with van der Waals surface area (Å²) in [6, 6.07) is 4.43. The predicted octanol–water partition coefficient (Wildman–Crippen LogP) is 4.01. The zero-order valence-electron chi connectivity index (χ0n) is 12.4. The van der Waals surface area contributed by atoms with Crippen LogP contribution in [0, 0.1) is 23.2 Å². The number of halogens is 1. The Balaban J connectivity index is 1.89. The molecule has 0 bridgehead atoms. The lowest BCUT2D eigenvalue weighted by molar-refractivity contribution is -0.121. The highest BCUT2D eigenvalue weighted by molar-refractivity contribution is 5.91. The molecule has 2 rings (SSSR count). The standard InChI is InChI=1S/C16H23FN2O/c1-16(2,3)12-9-7-11(8-10-12)15(20)19-14-6-4-5-13(17)18-14/h4-6,11-12H,7-10H2,1-3H3,(H,18,19,20). The summed E-state index contributed by atoms with van der Waals surface area (Å²) >= 11 is 0. The van der Waals surface area contributed by atoms with E-state index in [0.29, 0.717) is 17.2 Å². The van der Waals surface area contributed by atoms with Crippen molar-refractivity contribution < 1.29 is 9.18 Å². The summed E-state index contributed by atoms with van der Waals surface area (Å²) in [5.74, 6) is 0.403. The Kier molecular flexibility index (Phi) is 4.41. The van der Waals surface area contributed by atoms with Crippen molar-refractivity contribution in [2.75, 3.05) is 5.32 Å². The van der Waals surface area contributed by atoms with Gasteiger partial charge < -0.3 is 5.32 Å². The quantitative estimate of drug-likeness (QED) is 0.830. The van der Waals surface area contributed by atoms with E-state index in [-0.39, 0.29) is 11.8 Å². The highest BCUT2D eigenvalue weighted by atomic mass is 19.1. The first kappa shape index (κ1) is 14.9. The van der Waals surface area contributed by atoms with Crippen molar-refractivity contribution in [3.8, 4) is 0 Å². The van der Waals surface area contributed by atoms with Gasteiger partial charge in [0.05, 0.1) is 0 Å². The van der Waals surface area contributed by atoms with Crippen LogP contribution >= 0.6 is 0 Å². The van der Waals surface area contributed by atoms with E-state index in [9.17, 15) is 9.18 Å². The smallest absolute Gasteiger partial charge is 0.228 e. The second kappa shape index (κ2) is 5.90. The van der Waals surface area contributed by atoms with Crippen molar-refractivity contribution >= 4 is 11.7 Å². The number of hydrogen-bond acceptors (Lipinski definition) is 2. The van der Waals surface area contributed by atoms with Gasteiger partial charge in [0.1, 0.15) is 5.82 Å². The number of rotatable bonds is 2. The second-order valence-electron chi connectivity index (χ2n) is 6.75. The van der Waals surface area contributed by atoms with Crippen molar-refractivity contribution in [3.63, 3.8) is 0 Å². The first-order valence-corrected chi connectivity index (χ1v) is 7.29. The maximum absolute atomic E-state index is 13.0. The molecule has 0 spiro atoms. The Morgan fingerprint density at radius 2 is 1.90 bits per heavy atom. The third-order valence-corrected chi connectivity index (χ3v) is 4.29. The molecule has 0 atom stereocenters. The minimum absolute atomic E-state index is 0.0265. The Bertz CT molecular complexity index is 474. The largest absolute Gasteiger partial charge is 0.310 e. The van der Waals surface area contributed by atoms with Gasteiger partial charge in [-0.1, -0.05) is 26.8 Å². The molecule has 4 heteroatoms. The maximum Gasteiger partial charge on any atom is 0.228 e. The van der Waals surface area contributed by atoms with Gasteiger partial charge in [0, 0.05) is 5.92 Å². The lowest BCUT2D eigenvalue weighted by Crippen LogP contribution is -2.31. The number of anilines is 1. The molecule has 1 aliphatic carbocycles. The van der Waals surface area contributed by atoms with E-state index in [1.165, 1.54) is 6.07 Å². The molecule has 1 N–H and O–H groups in total. The van der Waals surface area contributed by atoms with Crippen molar-refractivity contribution in [2.24, 2.45) is 17.3 Å². The van der Waals surface area contributed by atoms with Crippen LogP contribution in [0.5, 0.6) is 0 Å². The van der Waals surface area contributed by atoms with E-state index in [0.717, 1.165) is 25.7 Å². The molecule has 0 unspecified atom stereocenters. The fraction of sp³-hybridized carbons (Fsp3) is 0.625. The Labute approximate surface area is 120 Å². The number of carbonyl (C=O) groups is 1. The molecule has 0 radical (unpaired) electrons. The van der Waals surface area contributed by atoms with Gasteiger partial charge in [-0.3, -0.25) is 4.79 Å². The summed E-state index contributed by atoms with van der Waals surface area (Å²) < 4.78 is 13.0. The van der Waals surface area contributed by atoms with Crippen molar-refractivity contribution in [1.29, 1.82) is 0 Å². The van der Waals surface area contributed by atoms with Gasteiger partial charge in [-0.05, 0) is 49.1 Å². The molecule has 110 valence electrons. The summed E-state index contributed by atoms with van der Waals surface area (Å²) in [5.41, 5.74) is 0.311. The monoisotopic (exact) mass is 278 g/mol. The van der Waals surface area contributed by atoms with Gasteiger partial charge in [0.15, 0.2) is 0 Å². The van der Waals surface area contributed by atoms with Gasteiger partial charge in [-0.15, -0.1) is 0 Å². The highest BCUT2D eigenvalue weighted by Crippen LogP contribution is 2.39. The van der Waals surface area contributed by atoms with Gasteiger partial charge >= 0.3 is 0 Å².